The Morgan fingerprint density at radius 1 is 1.43 bits per heavy atom. The van der Waals surface area contributed by atoms with Gasteiger partial charge in [-0.2, -0.15) is 0 Å². The lowest BCUT2D eigenvalue weighted by Gasteiger charge is -2.24. The van der Waals surface area contributed by atoms with Crippen LogP contribution in [0.25, 0.3) is 0 Å². The molecule has 1 saturated carbocycles. The average molecular weight is 196 g/mol. The van der Waals surface area contributed by atoms with Crippen LogP contribution >= 0.6 is 0 Å². The van der Waals surface area contributed by atoms with Gasteiger partial charge in [0, 0.05) is 12.1 Å². The molecule has 0 aromatic heterocycles. The van der Waals surface area contributed by atoms with E-state index in [-0.39, 0.29) is 0 Å². The molecule has 2 rings (SSSR count). The molecule has 1 aliphatic heterocycles. The summed E-state index contributed by atoms with van der Waals surface area (Å²) < 4.78 is 0. The van der Waals surface area contributed by atoms with Gasteiger partial charge in [-0.1, -0.05) is 12.8 Å². The molecular weight excluding hydrogens is 172 g/mol. The summed E-state index contributed by atoms with van der Waals surface area (Å²) in [4.78, 5) is 0. The van der Waals surface area contributed by atoms with E-state index in [0.717, 1.165) is 12.5 Å². The second-order valence-electron chi connectivity index (χ2n) is 5.35. The molecule has 2 heteroatoms. The van der Waals surface area contributed by atoms with Gasteiger partial charge < -0.3 is 10.6 Å². The average Bonchev–Trinajstić information content (AvgIpc) is 2.89. The molecule has 14 heavy (non-hydrogen) atoms. The van der Waals surface area contributed by atoms with Crippen LogP contribution in [-0.4, -0.2) is 25.2 Å². The Morgan fingerprint density at radius 3 is 2.93 bits per heavy atom. The van der Waals surface area contributed by atoms with Gasteiger partial charge in [0.15, 0.2) is 0 Å². The molecular formula is C12H24N2. The van der Waals surface area contributed by atoms with Gasteiger partial charge in [0.05, 0.1) is 0 Å². The molecule has 82 valence electrons. The molecule has 0 aromatic carbocycles. The smallest absolute Gasteiger partial charge is 0.0278 e. The zero-order valence-electron chi connectivity index (χ0n) is 9.44. The molecule has 1 heterocycles. The first-order valence-electron chi connectivity index (χ1n) is 6.24. The fraction of sp³-hybridized carbons (Fsp3) is 1.00. The summed E-state index contributed by atoms with van der Waals surface area (Å²) in [6, 6.07) is 0. The maximum absolute atomic E-state index is 3.59. The molecule has 0 spiro atoms. The molecule has 2 fully saturated rings. The SMILES string of the molecule is CC1(CNCCCC2CC2)CCCN1. The summed E-state index contributed by atoms with van der Waals surface area (Å²) in [7, 11) is 0. The molecule has 0 bridgehead atoms. The predicted molar refractivity (Wildman–Crippen MR) is 60.5 cm³/mol. The van der Waals surface area contributed by atoms with E-state index in [9.17, 15) is 0 Å². The van der Waals surface area contributed by atoms with Gasteiger partial charge in [-0.25, -0.2) is 0 Å². The number of rotatable bonds is 6. The zero-order chi connectivity index (χ0) is 9.86. The Labute approximate surface area is 87.8 Å². The highest BCUT2D eigenvalue weighted by Crippen LogP contribution is 2.33. The molecule has 0 amide bonds. The summed E-state index contributed by atoms with van der Waals surface area (Å²) >= 11 is 0. The molecule has 1 aliphatic carbocycles. The molecule has 1 saturated heterocycles. The highest BCUT2D eigenvalue weighted by molar-refractivity contribution is 4.90. The van der Waals surface area contributed by atoms with Crippen molar-refractivity contribution in [1.29, 1.82) is 0 Å². The predicted octanol–water partition coefficient (Wildman–Crippen LogP) is 1.91. The number of hydrogen-bond donors (Lipinski definition) is 2. The maximum atomic E-state index is 3.59. The Balaban J connectivity index is 1.48. The summed E-state index contributed by atoms with van der Waals surface area (Å²) in [5.41, 5.74) is 0.388. The summed E-state index contributed by atoms with van der Waals surface area (Å²) in [5, 5.41) is 7.17. The van der Waals surface area contributed by atoms with Crippen LogP contribution in [0.3, 0.4) is 0 Å². The highest BCUT2D eigenvalue weighted by Gasteiger charge is 2.27. The molecule has 2 aliphatic rings. The van der Waals surface area contributed by atoms with Gasteiger partial charge in [-0.15, -0.1) is 0 Å². The van der Waals surface area contributed by atoms with Crippen molar-refractivity contribution in [3.05, 3.63) is 0 Å². The van der Waals surface area contributed by atoms with Crippen molar-refractivity contribution in [2.45, 2.75) is 51.0 Å². The van der Waals surface area contributed by atoms with Crippen LogP contribution in [-0.2, 0) is 0 Å². The maximum Gasteiger partial charge on any atom is 0.0278 e. The van der Waals surface area contributed by atoms with E-state index < -0.39 is 0 Å². The Bertz CT molecular complexity index is 169. The normalized spacial score (nSPS) is 32.4. The van der Waals surface area contributed by atoms with Crippen LogP contribution in [0.2, 0.25) is 0 Å². The molecule has 1 atom stereocenters. The van der Waals surface area contributed by atoms with Crippen molar-refractivity contribution in [2.24, 2.45) is 5.92 Å². The van der Waals surface area contributed by atoms with Crippen molar-refractivity contribution >= 4 is 0 Å². The van der Waals surface area contributed by atoms with E-state index in [1.54, 1.807) is 0 Å². The van der Waals surface area contributed by atoms with Crippen molar-refractivity contribution in [1.82, 2.24) is 10.6 Å². The first-order chi connectivity index (χ1) is 6.79. The van der Waals surface area contributed by atoms with Gasteiger partial charge in [0.25, 0.3) is 0 Å². The largest absolute Gasteiger partial charge is 0.315 e. The van der Waals surface area contributed by atoms with Crippen molar-refractivity contribution in [3.63, 3.8) is 0 Å². The van der Waals surface area contributed by atoms with Gasteiger partial charge >= 0.3 is 0 Å². The third kappa shape index (κ3) is 3.25. The van der Waals surface area contributed by atoms with Gasteiger partial charge in [0.1, 0.15) is 0 Å². The van der Waals surface area contributed by atoms with Crippen molar-refractivity contribution in [2.75, 3.05) is 19.6 Å². The van der Waals surface area contributed by atoms with E-state index in [1.807, 2.05) is 0 Å². The lowest BCUT2D eigenvalue weighted by atomic mass is 10.0. The summed E-state index contributed by atoms with van der Waals surface area (Å²) in [5.74, 6) is 1.09. The lowest BCUT2D eigenvalue weighted by Crippen LogP contribution is -2.45. The van der Waals surface area contributed by atoms with Crippen LogP contribution in [0, 0.1) is 5.92 Å². The van der Waals surface area contributed by atoms with Crippen LogP contribution in [0.5, 0.6) is 0 Å². The molecule has 1 unspecified atom stereocenters. The van der Waals surface area contributed by atoms with Crippen LogP contribution in [0.4, 0.5) is 0 Å². The lowest BCUT2D eigenvalue weighted by molar-refractivity contribution is 0.383. The number of hydrogen-bond acceptors (Lipinski definition) is 2. The van der Waals surface area contributed by atoms with E-state index in [1.165, 1.54) is 51.6 Å². The quantitative estimate of drug-likeness (QED) is 0.634. The van der Waals surface area contributed by atoms with Gasteiger partial charge in [-0.05, 0) is 51.6 Å². The van der Waals surface area contributed by atoms with Crippen molar-refractivity contribution < 1.29 is 0 Å². The molecule has 0 radical (unpaired) electrons. The van der Waals surface area contributed by atoms with Crippen molar-refractivity contribution in [3.8, 4) is 0 Å². The third-order valence-corrected chi connectivity index (χ3v) is 3.64. The van der Waals surface area contributed by atoms with E-state index in [2.05, 4.69) is 17.6 Å². The van der Waals surface area contributed by atoms with E-state index in [4.69, 9.17) is 0 Å². The second-order valence-corrected chi connectivity index (χ2v) is 5.35. The fourth-order valence-corrected chi connectivity index (χ4v) is 2.39. The first kappa shape index (κ1) is 10.4. The summed E-state index contributed by atoms with van der Waals surface area (Å²) in [6.07, 6.45) is 8.51. The number of nitrogens with one attached hydrogen (secondary N) is 2. The zero-order valence-corrected chi connectivity index (χ0v) is 9.44. The summed E-state index contributed by atoms with van der Waals surface area (Å²) in [6.45, 7) is 5.92. The minimum atomic E-state index is 0.388. The third-order valence-electron chi connectivity index (χ3n) is 3.64. The Hall–Kier alpha value is -0.0800. The van der Waals surface area contributed by atoms with E-state index in [0.29, 0.717) is 5.54 Å². The minimum Gasteiger partial charge on any atom is -0.315 e. The van der Waals surface area contributed by atoms with E-state index >= 15 is 0 Å². The van der Waals surface area contributed by atoms with Gasteiger partial charge in [-0.3, -0.25) is 0 Å². The van der Waals surface area contributed by atoms with Crippen LogP contribution in [0.1, 0.15) is 45.4 Å². The highest BCUT2D eigenvalue weighted by atomic mass is 15.0. The first-order valence-corrected chi connectivity index (χ1v) is 6.24. The molecule has 2 N–H and O–H groups in total. The second kappa shape index (κ2) is 4.63. The monoisotopic (exact) mass is 196 g/mol. The van der Waals surface area contributed by atoms with Crippen LogP contribution in [0.15, 0.2) is 0 Å². The fourth-order valence-electron chi connectivity index (χ4n) is 2.39. The standard InChI is InChI=1S/C12H24N2/c1-12(7-3-9-14-12)10-13-8-2-4-11-5-6-11/h11,13-14H,2-10H2,1H3. The Kier molecular flexibility index (Phi) is 3.45. The molecule has 0 aromatic rings. The van der Waals surface area contributed by atoms with Gasteiger partial charge in [0.2, 0.25) is 0 Å². The topological polar surface area (TPSA) is 24.1 Å². The Morgan fingerprint density at radius 2 is 2.29 bits per heavy atom. The molecule has 2 nitrogen and oxygen atoms in total. The minimum absolute atomic E-state index is 0.388. The van der Waals surface area contributed by atoms with Crippen LogP contribution < -0.4 is 10.6 Å².